The van der Waals surface area contributed by atoms with E-state index >= 15 is 0 Å². The molecule has 0 aromatic heterocycles. The maximum atomic E-state index is 13.2. The molecule has 5 heteroatoms. The molecule has 0 fully saturated rings. The van der Waals surface area contributed by atoms with Crippen LogP contribution in [-0.4, -0.2) is 11.1 Å². The topological polar surface area (TPSA) is 18.5 Å². The zero-order valence-corrected chi connectivity index (χ0v) is 8.90. The van der Waals surface area contributed by atoms with E-state index in [1.54, 1.807) is 6.92 Å². The highest BCUT2D eigenvalue weighted by Crippen LogP contribution is 2.41. The van der Waals surface area contributed by atoms with Crippen LogP contribution >= 0.6 is 15.9 Å². The molecule has 0 amide bonds. The van der Waals surface area contributed by atoms with E-state index in [2.05, 4.69) is 15.9 Å². The normalized spacial score (nSPS) is 24.9. The smallest absolute Gasteiger partial charge is 0.202 e. The standard InChI is InChI=1S/C9H7BrF2O2/c1-9(10)4-13-7-5(11)2-3-6(12)8(7)14-9/h2-3H,4H2,1H3. The second-order valence-corrected chi connectivity index (χ2v) is 4.86. The van der Waals surface area contributed by atoms with Gasteiger partial charge in [0, 0.05) is 0 Å². The van der Waals surface area contributed by atoms with Crippen molar-refractivity contribution in [2.24, 2.45) is 0 Å². The molecule has 1 unspecified atom stereocenters. The lowest BCUT2D eigenvalue weighted by Crippen LogP contribution is -2.36. The molecular weight excluding hydrogens is 258 g/mol. The van der Waals surface area contributed by atoms with Gasteiger partial charge < -0.3 is 9.47 Å². The zero-order chi connectivity index (χ0) is 10.3. The minimum atomic E-state index is -0.811. The van der Waals surface area contributed by atoms with Crippen molar-refractivity contribution in [3.63, 3.8) is 0 Å². The maximum Gasteiger partial charge on any atom is 0.202 e. The van der Waals surface area contributed by atoms with Gasteiger partial charge in [-0.15, -0.1) is 0 Å². The van der Waals surface area contributed by atoms with Crippen molar-refractivity contribution in [3.8, 4) is 11.5 Å². The first-order chi connectivity index (χ1) is 6.49. The average molecular weight is 265 g/mol. The lowest BCUT2D eigenvalue weighted by atomic mass is 10.2. The van der Waals surface area contributed by atoms with Crippen LogP contribution in [0.1, 0.15) is 6.92 Å². The number of hydrogen-bond acceptors (Lipinski definition) is 2. The molecule has 0 saturated carbocycles. The second-order valence-electron chi connectivity index (χ2n) is 3.18. The quantitative estimate of drug-likeness (QED) is 0.671. The van der Waals surface area contributed by atoms with Crippen LogP contribution in [0.3, 0.4) is 0 Å². The summed E-state index contributed by atoms with van der Waals surface area (Å²) in [5.41, 5.74) is 0. The van der Waals surface area contributed by atoms with Gasteiger partial charge in [-0.05, 0) is 35.0 Å². The number of rotatable bonds is 0. The minimum Gasteiger partial charge on any atom is -0.482 e. The first kappa shape index (κ1) is 9.71. The minimum absolute atomic E-state index is 0.125. The molecule has 0 N–H and O–H groups in total. The Morgan fingerprint density at radius 2 is 1.86 bits per heavy atom. The number of fused-ring (bicyclic) bond motifs is 1. The number of halogens is 3. The number of benzene rings is 1. The largest absolute Gasteiger partial charge is 0.482 e. The summed E-state index contributed by atoms with van der Waals surface area (Å²) in [7, 11) is 0. The van der Waals surface area contributed by atoms with Gasteiger partial charge in [-0.3, -0.25) is 0 Å². The van der Waals surface area contributed by atoms with Gasteiger partial charge in [0.25, 0.3) is 0 Å². The van der Waals surface area contributed by atoms with Crippen molar-refractivity contribution in [1.82, 2.24) is 0 Å². The molecule has 0 aliphatic carbocycles. The van der Waals surface area contributed by atoms with Crippen molar-refractivity contribution < 1.29 is 18.3 Å². The summed E-state index contributed by atoms with van der Waals surface area (Å²) < 4.78 is 35.8. The van der Waals surface area contributed by atoms with E-state index in [4.69, 9.17) is 9.47 Å². The molecule has 1 atom stereocenters. The molecule has 1 aliphatic heterocycles. The van der Waals surface area contributed by atoms with E-state index in [1.807, 2.05) is 0 Å². The van der Waals surface area contributed by atoms with Gasteiger partial charge in [-0.2, -0.15) is 0 Å². The van der Waals surface area contributed by atoms with E-state index < -0.39 is 16.1 Å². The Labute approximate surface area is 87.9 Å². The van der Waals surface area contributed by atoms with Gasteiger partial charge >= 0.3 is 0 Å². The molecule has 2 rings (SSSR count). The number of alkyl halides is 1. The highest BCUT2D eigenvalue weighted by Gasteiger charge is 2.33. The third-order valence-electron chi connectivity index (χ3n) is 1.81. The van der Waals surface area contributed by atoms with Crippen LogP contribution in [0.5, 0.6) is 11.5 Å². The summed E-state index contributed by atoms with van der Waals surface area (Å²) in [4.78, 5) is 0. The first-order valence-electron chi connectivity index (χ1n) is 3.98. The summed E-state index contributed by atoms with van der Waals surface area (Å²) in [5.74, 6) is -1.60. The average Bonchev–Trinajstić information content (AvgIpc) is 2.10. The van der Waals surface area contributed by atoms with Crippen molar-refractivity contribution in [2.45, 2.75) is 11.4 Å². The molecule has 14 heavy (non-hydrogen) atoms. The fourth-order valence-electron chi connectivity index (χ4n) is 1.19. The van der Waals surface area contributed by atoms with Gasteiger partial charge in [0.1, 0.15) is 6.61 Å². The SMILES string of the molecule is CC1(Br)COc2c(F)ccc(F)c2O1. The Bertz CT molecular complexity index is 379. The summed E-state index contributed by atoms with van der Waals surface area (Å²) in [6.07, 6.45) is 0. The predicted octanol–water partition coefficient (Wildman–Crippen LogP) is 2.85. The highest BCUT2D eigenvalue weighted by atomic mass is 79.9. The number of ether oxygens (including phenoxy) is 2. The molecule has 0 radical (unpaired) electrons. The van der Waals surface area contributed by atoms with E-state index in [9.17, 15) is 8.78 Å². The van der Waals surface area contributed by atoms with E-state index in [0.717, 1.165) is 12.1 Å². The molecule has 1 aromatic rings. The van der Waals surface area contributed by atoms with Crippen LogP contribution in [0.4, 0.5) is 8.78 Å². The molecule has 0 bridgehead atoms. The molecular formula is C9H7BrF2O2. The number of hydrogen-bond donors (Lipinski definition) is 0. The molecule has 1 aromatic carbocycles. The lowest BCUT2D eigenvalue weighted by molar-refractivity contribution is 0.0737. The fourth-order valence-corrected chi connectivity index (χ4v) is 1.46. The van der Waals surface area contributed by atoms with E-state index in [-0.39, 0.29) is 18.1 Å². The molecule has 0 saturated heterocycles. The molecule has 0 spiro atoms. The van der Waals surface area contributed by atoms with Crippen LogP contribution in [0.25, 0.3) is 0 Å². The van der Waals surface area contributed by atoms with Crippen LogP contribution in [-0.2, 0) is 0 Å². The summed E-state index contributed by atoms with van der Waals surface area (Å²) in [6, 6.07) is 2.01. The molecule has 1 aliphatic rings. The van der Waals surface area contributed by atoms with Crippen LogP contribution in [0, 0.1) is 11.6 Å². The Kier molecular flexibility index (Phi) is 2.14. The second kappa shape index (κ2) is 3.08. The van der Waals surface area contributed by atoms with Crippen molar-refractivity contribution in [2.75, 3.05) is 6.61 Å². The highest BCUT2D eigenvalue weighted by molar-refractivity contribution is 9.10. The maximum absolute atomic E-state index is 13.2. The van der Waals surface area contributed by atoms with Crippen molar-refractivity contribution in [3.05, 3.63) is 23.8 Å². The Morgan fingerprint density at radius 1 is 1.29 bits per heavy atom. The Hall–Kier alpha value is -0.840. The van der Waals surface area contributed by atoms with Crippen LogP contribution < -0.4 is 9.47 Å². The molecule has 2 nitrogen and oxygen atoms in total. The van der Waals surface area contributed by atoms with Gasteiger partial charge in [-0.25, -0.2) is 8.78 Å². The third kappa shape index (κ3) is 1.56. The summed E-state index contributed by atoms with van der Waals surface area (Å²) in [6.45, 7) is 1.79. The predicted molar refractivity (Wildman–Crippen MR) is 49.8 cm³/mol. The van der Waals surface area contributed by atoms with E-state index in [0.29, 0.717) is 0 Å². The monoisotopic (exact) mass is 264 g/mol. The van der Waals surface area contributed by atoms with Crippen molar-refractivity contribution >= 4 is 15.9 Å². The van der Waals surface area contributed by atoms with Gasteiger partial charge in [-0.1, -0.05) is 0 Å². The Morgan fingerprint density at radius 3 is 2.50 bits per heavy atom. The Balaban J connectivity index is 2.51. The van der Waals surface area contributed by atoms with Gasteiger partial charge in [0.05, 0.1) is 0 Å². The zero-order valence-electron chi connectivity index (χ0n) is 7.31. The van der Waals surface area contributed by atoms with Crippen LogP contribution in [0.15, 0.2) is 12.1 Å². The summed E-state index contributed by atoms with van der Waals surface area (Å²) >= 11 is 3.18. The van der Waals surface area contributed by atoms with Crippen molar-refractivity contribution in [1.29, 1.82) is 0 Å². The summed E-state index contributed by atoms with van der Waals surface area (Å²) in [5, 5.41) is 0. The lowest BCUT2D eigenvalue weighted by Gasteiger charge is -2.30. The van der Waals surface area contributed by atoms with Crippen LogP contribution in [0.2, 0.25) is 0 Å². The van der Waals surface area contributed by atoms with E-state index in [1.165, 1.54) is 0 Å². The van der Waals surface area contributed by atoms with Gasteiger partial charge in [0.15, 0.2) is 21.9 Å². The third-order valence-corrected chi connectivity index (χ3v) is 2.20. The fraction of sp³-hybridized carbons (Fsp3) is 0.333. The van der Waals surface area contributed by atoms with Gasteiger partial charge in [0.2, 0.25) is 5.75 Å². The molecule has 76 valence electrons. The molecule has 1 heterocycles. The first-order valence-corrected chi connectivity index (χ1v) is 4.78.